The number of carbonyl (C=O) groups excluding carboxylic acids is 2. The lowest BCUT2D eigenvalue weighted by Crippen LogP contribution is -2.38. The molecule has 152 valence electrons. The van der Waals surface area contributed by atoms with Crippen LogP contribution in [0.3, 0.4) is 0 Å². The van der Waals surface area contributed by atoms with E-state index in [4.69, 9.17) is 9.47 Å². The molecule has 0 heterocycles. The van der Waals surface area contributed by atoms with E-state index in [1.165, 1.54) is 18.3 Å². The van der Waals surface area contributed by atoms with Gasteiger partial charge in [0.05, 0.1) is 12.8 Å². The van der Waals surface area contributed by atoms with Crippen LogP contribution < -0.4 is 20.2 Å². The van der Waals surface area contributed by atoms with Gasteiger partial charge in [0.1, 0.15) is 12.4 Å². The zero-order valence-electron chi connectivity index (χ0n) is 16.0. The van der Waals surface area contributed by atoms with Gasteiger partial charge in [-0.1, -0.05) is 12.1 Å². The van der Waals surface area contributed by atoms with Crippen LogP contribution >= 0.6 is 0 Å². The minimum atomic E-state index is -0.812. The summed E-state index contributed by atoms with van der Waals surface area (Å²) >= 11 is 0. The highest BCUT2D eigenvalue weighted by atomic mass is 19.1. The summed E-state index contributed by atoms with van der Waals surface area (Å²) in [6.07, 6.45) is 3.20. The topological polar surface area (TPSA) is 89.0 Å². The van der Waals surface area contributed by atoms with Crippen LogP contribution in [0.4, 0.5) is 4.39 Å². The molecule has 29 heavy (non-hydrogen) atoms. The maximum Gasteiger partial charge on any atom is 0.329 e. The molecule has 7 nitrogen and oxygen atoms in total. The molecule has 0 bridgehead atoms. The lowest BCUT2D eigenvalue weighted by Gasteiger charge is -2.12. The SMILES string of the molecule is CCOc1cc(/C=N\NC(=O)C(=O)NC2CC2)ccc1OCc1cccc(F)c1. The molecule has 0 radical (unpaired) electrons. The molecule has 2 aromatic rings. The molecule has 0 atom stereocenters. The number of carbonyl (C=O) groups is 2. The second-order valence-electron chi connectivity index (χ2n) is 6.50. The molecular formula is C21H22FN3O4. The number of amides is 2. The average molecular weight is 399 g/mol. The Hall–Kier alpha value is -3.42. The second-order valence-corrected chi connectivity index (χ2v) is 6.50. The number of ether oxygens (including phenoxy) is 2. The number of rotatable bonds is 8. The van der Waals surface area contributed by atoms with E-state index in [1.807, 2.05) is 6.92 Å². The van der Waals surface area contributed by atoms with Gasteiger partial charge in [0.25, 0.3) is 0 Å². The fraction of sp³-hybridized carbons (Fsp3) is 0.286. The largest absolute Gasteiger partial charge is 0.490 e. The van der Waals surface area contributed by atoms with Crippen molar-refractivity contribution in [2.45, 2.75) is 32.4 Å². The van der Waals surface area contributed by atoms with Gasteiger partial charge in [-0.3, -0.25) is 9.59 Å². The number of halogens is 1. The Morgan fingerprint density at radius 1 is 1.14 bits per heavy atom. The molecule has 2 amide bonds. The van der Waals surface area contributed by atoms with E-state index >= 15 is 0 Å². The number of benzene rings is 2. The van der Waals surface area contributed by atoms with Crippen LogP contribution in [-0.4, -0.2) is 30.7 Å². The van der Waals surface area contributed by atoms with Gasteiger partial charge >= 0.3 is 11.8 Å². The van der Waals surface area contributed by atoms with Crippen molar-refractivity contribution in [1.82, 2.24) is 10.7 Å². The van der Waals surface area contributed by atoms with Crippen LogP contribution in [0.15, 0.2) is 47.6 Å². The Bertz CT molecular complexity index is 913. The first-order chi connectivity index (χ1) is 14.0. The van der Waals surface area contributed by atoms with Gasteiger partial charge in [0.2, 0.25) is 0 Å². The van der Waals surface area contributed by atoms with Crippen LogP contribution in [-0.2, 0) is 16.2 Å². The highest BCUT2D eigenvalue weighted by molar-refractivity contribution is 6.35. The smallest absolute Gasteiger partial charge is 0.329 e. The number of nitrogens with zero attached hydrogens (tertiary/aromatic N) is 1. The summed E-state index contributed by atoms with van der Waals surface area (Å²) in [4.78, 5) is 23.2. The van der Waals surface area contributed by atoms with Crippen molar-refractivity contribution in [2.75, 3.05) is 6.61 Å². The molecule has 1 aliphatic rings. The van der Waals surface area contributed by atoms with E-state index in [2.05, 4.69) is 15.8 Å². The van der Waals surface area contributed by atoms with Gasteiger partial charge in [-0.15, -0.1) is 0 Å². The molecule has 1 aliphatic carbocycles. The van der Waals surface area contributed by atoms with Gasteiger partial charge < -0.3 is 14.8 Å². The van der Waals surface area contributed by atoms with Crippen molar-refractivity contribution in [3.8, 4) is 11.5 Å². The summed E-state index contributed by atoms with van der Waals surface area (Å²) < 4.78 is 24.6. The molecule has 0 aromatic heterocycles. The van der Waals surface area contributed by atoms with Crippen LogP contribution in [0.2, 0.25) is 0 Å². The lowest BCUT2D eigenvalue weighted by atomic mass is 10.2. The molecule has 3 rings (SSSR count). The zero-order valence-corrected chi connectivity index (χ0v) is 16.0. The highest BCUT2D eigenvalue weighted by Gasteiger charge is 2.26. The average Bonchev–Trinajstić information content (AvgIpc) is 3.51. The van der Waals surface area contributed by atoms with E-state index in [1.54, 1.807) is 30.3 Å². The summed E-state index contributed by atoms with van der Waals surface area (Å²) in [7, 11) is 0. The Balaban J connectivity index is 1.60. The van der Waals surface area contributed by atoms with Gasteiger partial charge in [0, 0.05) is 6.04 Å². The Labute approximate surface area is 167 Å². The molecular weight excluding hydrogens is 377 g/mol. The molecule has 0 unspecified atom stereocenters. The van der Waals surface area contributed by atoms with Gasteiger partial charge in [-0.2, -0.15) is 5.10 Å². The first-order valence-electron chi connectivity index (χ1n) is 9.33. The normalized spacial score (nSPS) is 13.2. The fourth-order valence-electron chi connectivity index (χ4n) is 2.48. The summed E-state index contributed by atoms with van der Waals surface area (Å²) in [5.41, 5.74) is 3.54. The van der Waals surface area contributed by atoms with Crippen molar-refractivity contribution >= 4 is 18.0 Å². The van der Waals surface area contributed by atoms with E-state index < -0.39 is 11.8 Å². The van der Waals surface area contributed by atoms with Crippen molar-refractivity contribution in [3.63, 3.8) is 0 Å². The van der Waals surface area contributed by atoms with Crippen LogP contribution in [0.5, 0.6) is 11.5 Å². The van der Waals surface area contributed by atoms with Crippen LogP contribution in [0, 0.1) is 5.82 Å². The van der Waals surface area contributed by atoms with Crippen molar-refractivity contribution in [3.05, 3.63) is 59.4 Å². The van der Waals surface area contributed by atoms with Crippen molar-refractivity contribution < 1.29 is 23.5 Å². The molecule has 1 saturated carbocycles. The first kappa shape index (κ1) is 20.3. The maximum atomic E-state index is 13.3. The van der Waals surface area contributed by atoms with Gasteiger partial charge in [0.15, 0.2) is 11.5 Å². The number of nitrogens with one attached hydrogen (secondary N) is 2. The number of hydrogen-bond donors (Lipinski definition) is 2. The van der Waals surface area contributed by atoms with Crippen LogP contribution in [0.1, 0.15) is 30.9 Å². The molecule has 1 fully saturated rings. The third-order valence-corrected chi connectivity index (χ3v) is 4.05. The summed E-state index contributed by atoms with van der Waals surface area (Å²) in [6.45, 7) is 2.46. The van der Waals surface area contributed by atoms with E-state index in [-0.39, 0.29) is 18.5 Å². The summed E-state index contributed by atoms with van der Waals surface area (Å²) in [5.74, 6) is -0.837. The van der Waals surface area contributed by atoms with E-state index in [9.17, 15) is 14.0 Å². The quantitative estimate of drug-likeness (QED) is 0.406. The standard InChI is InChI=1S/C21H22FN3O4/c1-2-28-19-11-14(12-23-25-21(27)20(26)24-17-7-8-17)6-9-18(19)29-13-15-4-3-5-16(22)10-15/h3-6,9-12,17H,2,7-8,13H2,1H3,(H,24,26)(H,25,27)/b23-12-. The van der Waals surface area contributed by atoms with Crippen molar-refractivity contribution in [2.24, 2.45) is 5.10 Å². The number of hydrazone groups is 1. The predicted molar refractivity (Wildman–Crippen MR) is 105 cm³/mol. The first-order valence-corrected chi connectivity index (χ1v) is 9.33. The van der Waals surface area contributed by atoms with Gasteiger partial charge in [-0.05, 0) is 61.2 Å². The minimum Gasteiger partial charge on any atom is -0.490 e. The van der Waals surface area contributed by atoms with Crippen LogP contribution in [0.25, 0.3) is 0 Å². The lowest BCUT2D eigenvalue weighted by molar-refractivity contribution is -0.139. The highest BCUT2D eigenvalue weighted by Crippen LogP contribution is 2.29. The third-order valence-electron chi connectivity index (χ3n) is 4.05. The predicted octanol–water partition coefficient (Wildman–Crippen LogP) is 2.53. The summed E-state index contributed by atoms with van der Waals surface area (Å²) in [5, 5.41) is 6.38. The summed E-state index contributed by atoms with van der Waals surface area (Å²) in [6, 6.07) is 11.4. The minimum absolute atomic E-state index is 0.103. The number of hydrogen-bond acceptors (Lipinski definition) is 5. The Morgan fingerprint density at radius 3 is 2.69 bits per heavy atom. The third kappa shape index (κ3) is 6.31. The Kier molecular flexibility index (Phi) is 6.78. The zero-order chi connectivity index (χ0) is 20.6. The fourth-order valence-corrected chi connectivity index (χ4v) is 2.48. The second kappa shape index (κ2) is 9.68. The maximum absolute atomic E-state index is 13.3. The van der Waals surface area contributed by atoms with Gasteiger partial charge in [-0.25, -0.2) is 9.82 Å². The molecule has 2 N–H and O–H groups in total. The molecule has 8 heteroatoms. The molecule has 0 aliphatic heterocycles. The van der Waals surface area contributed by atoms with Crippen molar-refractivity contribution in [1.29, 1.82) is 0 Å². The Morgan fingerprint density at radius 2 is 1.97 bits per heavy atom. The molecule has 0 spiro atoms. The van der Waals surface area contributed by atoms with E-state index in [0.29, 0.717) is 29.2 Å². The van der Waals surface area contributed by atoms with E-state index in [0.717, 1.165) is 12.8 Å². The molecule has 2 aromatic carbocycles. The molecule has 0 saturated heterocycles. The monoisotopic (exact) mass is 399 g/mol.